The average Bonchev–Trinajstić information content (AvgIpc) is 2.96. The number of hydrogen-bond donors (Lipinski definition) is 1. The lowest BCUT2D eigenvalue weighted by Gasteiger charge is -2.21. The number of nitrogens with one attached hydrogen (secondary N) is 1. The number of methoxy groups -OCH3 is 1. The van der Waals surface area contributed by atoms with E-state index in [0.717, 1.165) is 50.8 Å². The highest BCUT2D eigenvalue weighted by Gasteiger charge is 2.37. The molecule has 0 radical (unpaired) electrons. The van der Waals surface area contributed by atoms with E-state index in [1.807, 2.05) is 24.3 Å². The van der Waals surface area contributed by atoms with E-state index in [-0.39, 0.29) is 5.41 Å². The van der Waals surface area contributed by atoms with Gasteiger partial charge in [0.15, 0.2) is 0 Å². The molecule has 0 bridgehead atoms. The van der Waals surface area contributed by atoms with Crippen LogP contribution < -0.4 is 14.2 Å². The molecule has 4 rings (SSSR count). The molecule has 3 aromatic carbocycles. The summed E-state index contributed by atoms with van der Waals surface area (Å²) in [6.07, 6.45) is 1.15. The molecule has 1 heterocycles. The SMILES string of the molecule is COc1c(-c2ccc3cc(NS(C)(=O)=O)ccc3c2)cc(C)c2c1C(C)(C)CO2. The number of benzene rings is 3. The van der Waals surface area contributed by atoms with Gasteiger partial charge in [-0.15, -0.1) is 0 Å². The molecule has 0 saturated carbocycles. The number of anilines is 1. The van der Waals surface area contributed by atoms with Gasteiger partial charge >= 0.3 is 0 Å². The van der Waals surface area contributed by atoms with Crippen molar-refractivity contribution in [1.29, 1.82) is 0 Å². The molecule has 0 aliphatic carbocycles. The summed E-state index contributed by atoms with van der Waals surface area (Å²) >= 11 is 0. The fraction of sp³-hybridized carbons (Fsp3) is 0.304. The maximum absolute atomic E-state index is 11.5. The van der Waals surface area contributed by atoms with Crippen LogP contribution in [0.25, 0.3) is 21.9 Å². The lowest BCUT2D eigenvalue weighted by Crippen LogP contribution is -2.19. The van der Waals surface area contributed by atoms with Crippen molar-refractivity contribution in [2.45, 2.75) is 26.2 Å². The molecule has 0 atom stereocenters. The minimum absolute atomic E-state index is 0.121. The molecule has 0 fully saturated rings. The number of aryl methyl sites for hydroxylation is 1. The molecule has 0 amide bonds. The van der Waals surface area contributed by atoms with Crippen molar-refractivity contribution in [3.05, 3.63) is 53.6 Å². The lowest BCUT2D eigenvalue weighted by atomic mass is 9.83. The molecule has 0 saturated heterocycles. The van der Waals surface area contributed by atoms with Crippen LogP contribution in [0, 0.1) is 6.92 Å². The number of sulfonamides is 1. The molecule has 1 aliphatic heterocycles. The number of rotatable bonds is 4. The molecule has 1 N–H and O–H groups in total. The van der Waals surface area contributed by atoms with Crippen LogP contribution in [-0.2, 0) is 15.4 Å². The molecule has 29 heavy (non-hydrogen) atoms. The maximum Gasteiger partial charge on any atom is 0.229 e. The monoisotopic (exact) mass is 411 g/mol. The first kappa shape index (κ1) is 19.6. The van der Waals surface area contributed by atoms with E-state index < -0.39 is 10.0 Å². The Balaban J connectivity index is 1.85. The second kappa shape index (κ2) is 6.66. The Morgan fingerprint density at radius 2 is 1.76 bits per heavy atom. The summed E-state index contributed by atoms with van der Waals surface area (Å²) in [5.41, 5.74) is 4.72. The third-order valence-electron chi connectivity index (χ3n) is 5.33. The molecular weight excluding hydrogens is 386 g/mol. The first-order valence-corrected chi connectivity index (χ1v) is 11.3. The Hall–Kier alpha value is -2.73. The summed E-state index contributed by atoms with van der Waals surface area (Å²) in [4.78, 5) is 0. The Morgan fingerprint density at radius 1 is 1.07 bits per heavy atom. The van der Waals surface area contributed by atoms with Gasteiger partial charge in [-0.05, 0) is 53.1 Å². The Morgan fingerprint density at radius 3 is 2.45 bits per heavy atom. The van der Waals surface area contributed by atoms with Crippen LogP contribution in [0.2, 0.25) is 0 Å². The topological polar surface area (TPSA) is 64.6 Å². The zero-order chi connectivity index (χ0) is 21.0. The van der Waals surface area contributed by atoms with Gasteiger partial charge in [-0.2, -0.15) is 0 Å². The van der Waals surface area contributed by atoms with Crippen molar-refractivity contribution in [3.8, 4) is 22.6 Å². The molecule has 1 aliphatic rings. The molecule has 5 nitrogen and oxygen atoms in total. The van der Waals surface area contributed by atoms with Gasteiger partial charge < -0.3 is 9.47 Å². The van der Waals surface area contributed by atoms with E-state index in [0.29, 0.717) is 12.3 Å². The average molecular weight is 412 g/mol. The summed E-state index contributed by atoms with van der Waals surface area (Å²) in [5, 5.41) is 1.99. The minimum atomic E-state index is -3.31. The normalized spacial score (nSPS) is 15.1. The van der Waals surface area contributed by atoms with E-state index in [9.17, 15) is 8.42 Å². The highest BCUT2D eigenvalue weighted by Crippen LogP contribution is 2.50. The van der Waals surface area contributed by atoms with Crippen molar-refractivity contribution in [2.75, 3.05) is 24.7 Å². The predicted octanol–water partition coefficient (Wildman–Crippen LogP) is 4.87. The summed E-state index contributed by atoms with van der Waals surface area (Å²) in [7, 11) is -1.60. The smallest absolute Gasteiger partial charge is 0.229 e. The molecule has 0 spiro atoms. The van der Waals surface area contributed by atoms with Crippen LogP contribution in [-0.4, -0.2) is 28.4 Å². The minimum Gasteiger partial charge on any atom is -0.496 e. The van der Waals surface area contributed by atoms with Crippen molar-refractivity contribution in [2.24, 2.45) is 0 Å². The number of hydrogen-bond acceptors (Lipinski definition) is 4. The standard InChI is InChI=1S/C23H25NO4S/c1-14-10-19(22(27-4)20-21(14)28-13-23(20,2)3)17-7-6-16-12-18(24-29(5,25)26)9-8-15(16)11-17/h6-12,24H,13H2,1-5H3. The second-order valence-electron chi connectivity index (χ2n) is 8.30. The van der Waals surface area contributed by atoms with Crippen molar-refractivity contribution < 1.29 is 17.9 Å². The van der Waals surface area contributed by atoms with Gasteiger partial charge in [0.05, 0.1) is 20.0 Å². The molecule has 0 aromatic heterocycles. The van der Waals surface area contributed by atoms with Gasteiger partial charge in [0, 0.05) is 22.2 Å². The van der Waals surface area contributed by atoms with E-state index in [1.165, 1.54) is 0 Å². The summed E-state index contributed by atoms with van der Waals surface area (Å²) < 4.78 is 37.3. The number of fused-ring (bicyclic) bond motifs is 2. The maximum atomic E-state index is 11.5. The van der Waals surface area contributed by atoms with Crippen LogP contribution in [0.5, 0.6) is 11.5 Å². The summed E-state index contributed by atoms with van der Waals surface area (Å²) in [5.74, 6) is 1.77. The second-order valence-corrected chi connectivity index (χ2v) is 10.1. The molecule has 3 aromatic rings. The number of ether oxygens (including phenoxy) is 2. The van der Waals surface area contributed by atoms with Crippen molar-refractivity contribution in [3.63, 3.8) is 0 Å². The zero-order valence-corrected chi connectivity index (χ0v) is 18.1. The van der Waals surface area contributed by atoms with Crippen LogP contribution in [0.4, 0.5) is 5.69 Å². The Kier molecular flexibility index (Phi) is 4.50. The lowest BCUT2D eigenvalue weighted by molar-refractivity contribution is 0.288. The highest BCUT2D eigenvalue weighted by atomic mass is 32.2. The molecule has 0 unspecified atom stereocenters. The fourth-order valence-electron chi connectivity index (χ4n) is 4.03. The van der Waals surface area contributed by atoms with E-state index in [1.54, 1.807) is 13.2 Å². The van der Waals surface area contributed by atoms with E-state index in [2.05, 4.69) is 37.6 Å². The van der Waals surface area contributed by atoms with Crippen LogP contribution >= 0.6 is 0 Å². The van der Waals surface area contributed by atoms with E-state index >= 15 is 0 Å². The van der Waals surface area contributed by atoms with Gasteiger partial charge in [-0.1, -0.05) is 32.0 Å². The Bertz CT molecular complexity index is 1230. The molecular formula is C23H25NO4S. The zero-order valence-electron chi connectivity index (χ0n) is 17.3. The van der Waals surface area contributed by atoms with Gasteiger partial charge in [0.1, 0.15) is 11.5 Å². The van der Waals surface area contributed by atoms with Crippen LogP contribution in [0.15, 0.2) is 42.5 Å². The Labute approximate surface area is 171 Å². The van der Waals surface area contributed by atoms with Gasteiger partial charge in [0.25, 0.3) is 0 Å². The van der Waals surface area contributed by atoms with Crippen molar-refractivity contribution in [1.82, 2.24) is 0 Å². The first-order valence-electron chi connectivity index (χ1n) is 9.46. The summed E-state index contributed by atoms with van der Waals surface area (Å²) in [6.45, 7) is 7.03. The van der Waals surface area contributed by atoms with Gasteiger partial charge in [-0.25, -0.2) is 8.42 Å². The van der Waals surface area contributed by atoms with Crippen LogP contribution in [0.3, 0.4) is 0 Å². The van der Waals surface area contributed by atoms with Gasteiger partial charge in [-0.3, -0.25) is 4.72 Å². The van der Waals surface area contributed by atoms with Crippen molar-refractivity contribution >= 4 is 26.5 Å². The quantitative estimate of drug-likeness (QED) is 0.666. The van der Waals surface area contributed by atoms with Crippen LogP contribution in [0.1, 0.15) is 25.0 Å². The largest absolute Gasteiger partial charge is 0.496 e. The predicted molar refractivity (Wildman–Crippen MR) is 118 cm³/mol. The third-order valence-corrected chi connectivity index (χ3v) is 5.94. The third kappa shape index (κ3) is 3.53. The first-order chi connectivity index (χ1) is 13.6. The van der Waals surface area contributed by atoms with E-state index in [4.69, 9.17) is 9.47 Å². The molecule has 152 valence electrons. The fourth-order valence-corrected chi connectivity index (χ4v) is 4.58. The summed E-state index contributed by atoms with van der Waals surface area (Å²) in [6, 6.07) is 13.8. The molecule has 6 heteroatoms. The van der Waals surface area contributed by atoms with Gasteiger partial charge in [0.2, 0.25) is 10.0 Å². The highest BCUT2D eigenvalue weighted by molar-refractivity contribution is 7.92.